The van der Waals surface area contributed by atoms with Gasteiger partial charge in [-0.1, -0.05) is 24.3 Å². The highest BCUT2D eigenvalue weighted by Gasteiger charge is 2.23. The summed E-state index contributed by atoms with van der Waals surface area (Å²) in [4.78, 5) is 14.4. The molecule has 1 aromatic heterocycles. The first-order chi connectivity index (χ1) is 13.7. The van der Waals surface area contributed by atoms with Gasteiger partial charge in [0.2, 0.25) is 0 Å². The summed E-state index contributed by atoms with van der Waals surface area (Å²) in [5, 5.41) is 3.00. The van der Waals surface area contributed by atoms with Crippen molar-refractivity contribution < 1.29 is 13.6 Å². The lowest BCUT2D eigenvalue weighted by Crippen LogP contribution is -2.25. The third kappa shape index (κ3) is 5.08. The van der Waals surface area contributed by atoms with Crippen LogP contribution in [-0.2, 0) is 19.6 Å². The Hall–Kier alpha value is -2.92. The Labute approximate surface area is 164 Å². The molecule has 0 saturated heterocycles. The van der Waals surface area contributed by atoms with Gasteiger partial charge in [-0.15, -0.1) is 0 Å². The van der Waals surface area contributed by atoms with Gasteiger partial charge < -0.3 is 9.73 Å². The molecule has 1 fully saturated rings. The molecular weight excluding hydrogens is 355 g/mol. The van der Waals surface area contributed by atoms with Crippen LogP contribution in [0.1, 0.15) is 40.1 Å². The summed E-state index contributed by atoms with van der Waals surface area (Å²) in [7, 11) is 0. The zero-order valence-electron chi connectivity index (χ0n) is 15.6. The average Bonchev–Trinajstić information content (AvgIpc) is 3.36. The van der Waals surface area contributed by atoms with Crippen LogP contribution in [0.5, 0.6) is 0 Å². The molecule has 0 unspecified atom stereocenters. The van der Waals surface area contributed by atoms with E-state index in [9.17, 15) is 9.18 Å². The first-order valence-electron chi connectivity index (χ1n) is 9.55. The minimum atomic E-state index is -0.235. The van der Waals surface area contributed by atoms with E-state index in [1.807, 2.05) is 36.4 Å². The number of nitrogens with zero attached hydrogens (tertiary/aromatic N) is 1. The second kappa shape index (κ2) is 8.40. The quantitative estimate of drug-likeness (QED) is 0.627. The van der Waals surface area contributed by atoms with Crippen LogP contribution in [0.25, 0.3) is 0 Å². The number of hydrogen-bond acceptors (Lipinski definition) is 3. The van der Waals surface area contributed by atoms with E-state index >= 15 is 0 Å². The predicted octanol–water partition coefficient (Wildman–Crippen LogP) is 4.51. The molecule has 3 aromatic rings. The van der Waals surface area contributed by atoms with Crippen molar-refractivity contribution in [3.05, 3.63) is 95.2 Å². The summed E-state index contributed by atoms with van der Waals surface area (Å²) in [5.74, 6) is 0.636. The fourth-order valence-corrected chi connectivity index (χ4v) is 3.15. The number of halogens is 1. The fraction of sp³-hybridized carbons (Fsp3) is 0.261. The Morgan fingerprint density at radius 3 is 2.18 bits per heavy atom. The summed E-state index contributed by atoms with van der Waals surface area (Å²) in [5.41, 5.74) is 2.83. The van der Waals surface area contributed by atoms with Crippen molar-refractivity contribution in [1.82, 2.24) is 10.2 Å². The van der Waals surface area contributed by atoms with E-state index in [4.69, 9.17) is 4.42 Å². The standard InChI is InChI=1S/C23H23FN2O2/c24-20-9-5-18(6-10-20)15-26(16-22-2-1-13-28-22)14-17-3-7-19(8-4-17)23(27)25-21-11-12-21/h1-10,13,21H,11-12,14-16H2,(H,25,27). The number of carbonyl (C=O) groups excluding carboxylic acids is 1. The maximum Gasteiger partial charge on any atom is 0.251 e. The predicted molar refractivity (Wildman–Crippen MR) is 105 cm³/mol. The molecule has 1 heterocycles. The highest BCUT2D eigenvalue weighted by Crippen LogP contribution is 2.20. The van der Waals surface area contributed by atoms with Crippen LogP contribution < -0.4 is 5.32 Å². The smallest absolute Gasteiger partial charge is 0.251 e. The van der Waals surface area contributed by atoms with E-state index in [1.165, 1.54) is 12.1 Å². The highest BCUT2D eigenvalue weighted by atomic mass is 19.1. The molecule has 144 valence electrons. The van der Waals surface area contributed by atoms with Gasteiger partial charge in [-0.05, 0) is 60.4 Å². The van der Waals surface area contributed by atoms with Gasteiger partial charge in [-0.25, -0.2) is 4.39 Å². The van der Waals surface area contributed by atoms with Crippen LogP contribution in [0.15, 0.2) is 71.3 Å². The topological polar surface area (TPSA) is 45.5 Å². The van der Waals surface area contributed by atoms with E-state index < -0.39 is 0 Å². The summed E-state index contributed by atoms with van der Waals surface area (Å²) >= 11 is 0. The van der Waals surface area contributed by atoms with Crippen LogP contribution in [0, 0.1) is 5.82 Å². The zero-order valence-corrected chi connectivity index (χ0v) is 15.6. The van der Waals surface area contributed by atoms with Crippen LogP contribution in [0.4, 0.5) is 4.39 Å². The molecule has 0 radical (unpaired) electrons. The van der Waals surface area contributed by atoms with Gasteiger partial charge in [0.15, 0.2) is 0 Å². The van der Waals surface area contributed by atoms with E-state index in [1.54, 1.807) is 18.4 Å². The number of hydrogen-bond donors (Lipinski definition) is 1. The number of furan rings is 1. The van der Waals surface area contributed by atoms with Gasteiger partial charge in [0, 0.05) is 24.7 Å². The summed E-state index contributed by atoms with van der Waals surface area (Å²) < 4.78 is 18.7. The number of rotatable bonds is 8. The first kappa shape index (κ1) is 18.4. The second-order valence-corrected chi connectivity index (χ2v) is 7.30. The molecule has 1 saturated carbocycles. The largest absolute Gasteiger partial charge is 0.468 e. The number of benzene rings is 2. The number of amides is 1. The molecule has 28 heavy (non-hydrogen) atoms. The Balaban J connectivity index is 1.44. The lowest BCUT2D eigenvalue weighted by Gasteiger charge is -2.21. The van der Waals surface area contributed by atoms with Crippen LogP contribution in [-0.4, -0.2) is 16.8 Å². The molecule has 1 N–H and O–H groups in total. The molecule has 5 heteroatoms. The SMILES string of the molecule is O=C(NC1CC1)c1ccc(CN(Cc2ccc(F)cc2)Cc2ccco2)cc1. The minimum Gasteiger partial charge on any atom is -0.468 e. The third-order valence-electron chi connectivity index (χ3n) is 4.81. The summed E-state index contributed by atoms with van der Waals surface area (Å²) in [6.45, 7) is 2.02. The van der Waals surface area contributed by atoms with Crippen LogP contribution in [0.2, 0.25) is 0 Å². The molecule has 0 atom stereocenters. The fourth-order valence-electron chi connectivity index (χ4n) is 3.15. The monoisotopic (exact) mass is 378 g/mol. The van der Waals surface area contributed by atoms with Gasteiger partial charge in [-0.3, -0.25) is 9.69 Å². The molecular formula is C23H23FN2O2. The molecule has 1 aliphatic rings. The molecule has 1 aliphatic carbocycles. The Bertz CT molecular complexity index is 901. The van der Waals surface area contributed by atoms with E-state index in [0.717, 1.165) is 29.7 Å². The van der Waals surface area contributed by atoms with Gasteiger partial charge in [0.05, 0.1) is 12.8 Å². The van der Waals surface area contributed by atoms with E-state index in [0.29, 0.717) is 31.2 Å². The Kier molecular flexibility index (Phi) is 5.53. The molecule has 1 amide bonds. The maximum absolute atomic E-state index is 13.2. The Morgan fingerprint density at radius 1 is 0.964 bits per heavy atom. The van der Waals surface area contributed by atoms with Gasteiger partial charge >= 0.3 is 0 Å². The first-order valence-corrected chi connectivity index (χ1v) is 9.55. The molecule has 4 nitrogen and oxygen atoms in total. The maximum atomic E-state index is 13.2. The zero-order chi connectivity index (χ0) is 19.3. The van der Waals surface area contributed by atoms with Crippen molar-refractivity contribution in [2.45, 2.75) is 38.5 Å². The number of nitrogens with one attached hydrogen (secondary N) is 1. The average molecular weight is 378 g/mol. The highest BCUT2D eigenvalue weighted by molar-refractivity contribution is 5.94. The summed E-state index contributed by atoms with van der Waals surface area (Å²) in [6, 6.07) is 18.5. The molecule has 0 spiro atoms. The van der Waals surface area contributed by atoms with E-state index in [-0.39, 0.29) is 11.7 Å². The second-order valence-electron chi connectivity index (χ2n) is 7.30. The lowest BCUT2D eigenvalue weighted by atomic mass is 10.1. The molecule has 0 aliphatic heterocycles. The molecule has 2 aromatic carbocycles. The van der Waals surface area contributed by atoms with Gasteiger partial charge in [-0.2, -0.15) is 0 Å². The van der Waals surface area contributed by atoms with Crippen LogP contribution in [0.3, 0.4) is 0 Å². The van der Waals surface area contributed by atoms with Crippen molar-refractivity contribution in [3.63, 3.8) is 0 Å². The van der Waals surface area contributed by atoms with Crippen LogP contribution >= 0.6 is 0 Å². The van der Waals surface area contributed by atoms with Crippen molar-refractivity contribution >= 4 is 5.91 Å². The van der Waals surface area contributed by atoms with Gasteiger partial charge in [0.1, 0.15) is 11.6 Å². The van der Waals surface area contributed by atoms with Crippen molar-refractivity contribution in [1.29, 1.82) is 0 Å². The van der Waals surface area contributed by atoms with Crippen molar-refractivity contribution in [3.8, 4) is 0 Å². The number of carbonyl (C=O) groups is 1. The van der Waals surface area contributed by atoms with Crippen molar-refractivity contribution in [2.75, 3.05) is 0 Å². The van der Waals surface area contributed by atoms with E-state index in [2.05, 4.69) is 10.2 Å². The molecule has 4 rings (SSSR count). The summed E-state index contributed by atoms with van der Waals surface area (Å²) in [6.07, 6.45) is 3.82. The third-order valence-corrected chi connectivity index (χ3v) is 4.81. The van der Waals surface area contributed by atoms with Crippen molar-refractivity contribution in [2.24, 2.45) is 0 Å². The minimum absolute atomic E-state index is 0.00666. The normalized spacial score (nSPS) is 13.6. The lowest BCUT2D eigenvalue weighted by molar-refractivity contribution is 0.0951. The molecule has 0 bridgehead atoms. The Morgan fingerprint density at radius 2 is 1.61 bits per heavy atom. The van der Waals surface area contributed by atoms with Gasteiger partial charge in [0.25, 0.3) is 5.91 Å².